The van der Waals surface area contributed by atoms with Crippen molar-refractivity contribution < 1.29 is 43.2 Å². The van der Waals surface area contributed by atoms with Crippen molar-refractivity contribution in [1.82, 2.24) is 10.0 Å². The van der Waals surface area contributed by atoms with Crippen LogP contribution in [0.4, 0.5) is 0 Å². The van der Waals surface area contributed by atoms with Gasteiger partial charge in [0.15, 0.2) is 5.60 Å². The number of rotatable bonds is 24. The average molecular weight is 627 g/mol. The molecule has 1 rings (SSSR count). The van der Waals surface area contributed by atoms with Crippen LogP contribution in [0.2, 0.25) is 0 Å². The van der Waals surface area contributed by atoms with E-state index in [4.69, 9.17) is 0 Å². The number of carbonyl (C=O) groups is 3. The SMILES string of the molecule is CCCCCCCCS(=O)(=O)NCCCCC/C=C/[C@H](C(=O)N[C@@H](Cc1ccc(O)cc1)C(=O)O)[C@@](O)(CCC)C(=O)O. The number of hydrogen-bond donors (Lipinski definition) is 6. The molecule has 1 aromatic carbocycles. The monoisotopic (exact) mass is 626 g/mol. The maximum Gasteiger partial charge on any atom is 0.336 e. The Morgan fingerprint density at radius 2 is 1.53 bits per heavy atom. The van der Waals surface area contributed by atoms with E-state index < -0.39 is 45.4 Å². The van der Waals surface area contributed by atoms with Crippen LogP contribution in [0.1, 0.15) is 96.5 Å². The second-order valence-electron chi connectivity index (χ2n) is 11.0. The summed E-state index contributed by atoms with van der Waals surface area (Å²) in [5.74, 6) is -5.27. The Morgan fingerprint density at radius 3 is 2.14 bits per heavy atom. The molecule has 0 saturated heterocycles. The molecule has 0 bridgehead atoms. The second kappa shape index (κ2) is 20.1. The maximum atomic E-state index is 13.2. The van der Waals surface area contributed by atoms with E-state index in [1.54, 1.807) is 13.0 Å². The summed E-state index contributed by atoms with van der Waals surface area (Å²) in [5, 5.41) is 42.3. The van der Waals surface area contributed by atoms with Gasteiger partial charge in [-0.1, -0.05) is 83.1 Å². The van der Waals surface area contributed by atoms with E-state index >= 15 is 0 Å². The molecule has 0 aliphatic carbocycles. The van der Waals surface area contributed by atoms with Crippen molar-refractivity contribution in [2.24, 2.45) is 5.92 Å². The highest BCUT2D eigenvalue weighted by Gasteiger charge is 2.46. The van der Waals surface area contributed by atoms with Gasteiger partial charge < -0.3 is 25.7 Å². The Labute approximate surface area is 255 Å². The minimum Gasteiger partial charge on any atom is -0.508 e. The molecule has 0 aliphatic rings. The zero-order valence-electron chi connectivity index (χ0n) is 25.5. The van der Waals surface area contributed by atoms with Crippen molar-refractivity contribution in [2.75, 3.05) is 12.3 Å². The van der Waals surface area contributed by atoms with Gasteiger partial charge in [0.25, 0.3) is 0 Å². The molecule has 0 radical (unpaired) electrons. The number of benzene rings is 1. The van der Waals surface area contributed by atoms with Crippen LogP contribution < -0.4 is 10.0 Å². The first-order chi connectivity index (χ1) is 20.4. The van der Waals surface area contributed by atoms with Gasteiger partial charge in [0.2, 0.25) is 15.9 Å². The van der Waals surface area contributed by atoms with E-state index in [0.29, 0.717) is 44.2 Å². The number of carboxylic acids is 2. The van der Waals surface area contributed by atoms with Gasteiger partial charge in [0.05, 0.1) is 11.7 Å². The largest absolute Gasteiger partial charge is 0.508 e. The summed E-state index contributed by atoms with van der Waals surface area (Å²) >= 11 is 0. The van der Waals surface area contributed by atoms with Crippen LogP contribution in [0.3, 0.4) is 0 Å². The van der Waals surface area contributed by atoms with Crippen LogP contribution in [0, 0.1) is 5.92 Å². The van der Waals surface area contributed by atoms with E-state index in [1.807, 2.05) is 0 Å². The van der Waals surface area contributed by atoms with Gasteiger partial charge in [-0.3, -0.25) is 4.79 Å². The number of aromatic hydroxyl groups is 1. The lowest BCUT2D eigenvalue weighted by Gasteiger charge is -2.30. The normalized spacial score (nSPS) is 14.7. The predicted octanol–water partition coefficient (Wildman–Crippen LogP) is 4.13. The van der Waals surface area contributed by atoms with Crippen molar-refractivity contribution in [3.8, 4) is 5.75 Å². The number of carboxylic acid groups (broad SMARTS) is 2. The number of carbonyl (C=O) groups excluding carboxylic acids is 1. The molecule has 0 unspecified atom stereocenters. The third-order valence-corrected chi connectivity index (χ3v) is 8.72. The fourth-order valence-electron chi connectivity index (χ4n) is 4.74. The topological polar surface area (TPSA) is 190 Å². The Balaban J connectivity index is 2.71. The number of phenols is 1. The van der Waals surface area contributed by atoms with Gasteiger partial charge in [0, 0.05) is 13.0 Å². The number of unbranched alkanes of at least 4 members (excludes halogenated alkanes) is 8. The minimum atomic E-state index is -3.31. The first-order valence-corrected chi connectivity index (χ1v) is 16.9. The zero-order chi connectivity index (χ0) is 32.3. The molecular weight excluding hydrogens is 576 g/mol. The third-order valence-electron chi connectivity index (χ3n) is 7.25. The maximum absolute atomic E-state index is 13.2. The Kier molecular flexibility index (Phi) is 17.8. The summed E-state index contributed by atoms with van der Waals surface area (Å²) in [5.41, 5.74) is -1.91. The van der Waals surface area contributed by atoms with Gasteiger partial charge >= 0.3 is 11.9 Å². The summed E-state index contributed by atoms with van der Waals surface area (Å²) in [6.45, 7) is 4.12. The quantitative estimate of drug-likeness (QED) is 0.0723. The zero-order valence-corrected chi connectivity index (χ0v) is 26.3. The number of sulfonamides is 1. The van der Waals surface area contributed by atoms with Crippen molar-refractivity contribution in [3.63, 3.8) is 0 Å². The molecule has 0 heterocycles. The summed E-state index contributed by atoms with van der Waals surface area (Å²) in [7, 11) is -3.31. The Hall–Kier alpha value is -2.96. The van der Waals surface area contributed by atoms with E-state index in [0.717, 1.165) is 25.7 Å². The summed E-state index contributed by atoms with van der Waals surface area (Å²) in [6.07, 6.45) is 11.2. The van der Waals surface area contributed by atoms with Crippen LogP contribution >= 0.6 is 0 Å². The average Bonchev–Trinajstić information content (AvgIpc) is 2.94. The van der Waals surface area contributed by atoms with Crippen molar-refractivity contribution in [1.29, 1.82) is 0 Å². The molecule has 0 spiro atoms. The van der Waals surface area contributed by atoms with Gasteiger partial charge in [-0.15, -0.1) is 0 Å². The number of hydrogen-bond acceptors (Lipinski definition) is 7. The predicted molar refractivity (Wildman–Crippen MR) is 165 cm³/mol. The number of aliphatic carboxylic acids is 2. The molecule has 43 heavy (non-hydrogen) atoms. The molecule has 12 heteroatoms. The molecule has 1 aromatic rings. The van der Waals surface area contributed by atoms with Crippen LogP contribution in [-0.2, 0) is 30.8 Å². The lowest BCUT2D eigenvalue weighted by atomic mass is 9.82. The van der Waals surface area contributed by atoms with Crippen LogP contribution in [0.5, 0.6) is 5.75 Å². The van der Waals surface area contributed by atoms with Gasteiger partial charge in [-0.2, -0.15) is 0 Å². The van der Waals surface area contributed by atoms with E-state index in [2.05, 4.69) is 17.0 Å². The number of amides is 1. The first kappa shape index (κ1) is 38.1. The molecule has 0 saturated carbocycles. The highest BCUT2D eigenvalue weighted by atomic mass is 32.2. The van der Waals surface area contributed by atoms with Crippen molar-refractivity contribution in [3.05, 3.63) is 42.0 Å². The Morgan fingerprint density at radius 1 is 0.907 bits per heavy atom. The number of phenolic OH excluding ortho intramolecular Hbond substituents is 1. The molecule has 0 aromatic heterocycles. The summed E-state index contributed by atoms with van der Waals surface area (Å²) in [6, 6.07) is 4.41. The number of allylic oxidation sites excluding steroid dienone is 1. The fourth-order valence-corrected chi connectivity index (χ4v) is 5.92. The third kappa shape index (κ3) is 14.9. The molecule has 0 aliphatic heterocycles. The van der Waals surface area contributed by atoms with Crippen LogP contribution in [-0.4, -0.2) is 70.6 Å². The molecule has 244 valence electrons. The number of nitrogens with one attached hydrogen (secondary N) is 2. The lowest BCUT2D eigenvalue weighted by molar-refractivity contribution is -0.167. The lowest BCUT2D eigenvalue weighted by Crippen LogP contribution is -2.54. The van der Waals surface area contributed by atoms with Gasteiger partial charge in [0.1, 0.15) is 11.8 Å². The number of aliphatic hydroxyl groups is 1. The van der Waals surface area contributed by atoms with E-state index in [9.17, 15) is 43.2 Å². The molecular formula is C31H50N2O9S. The highest BCUT2D eigenvalue weighted by Crippen LogP contribution is 2.27. The van der Waals surface area contributed by atoms with Crippen molar-refractivity contribution >= 4 is 27.9 Å². The smallest absolute Gasteiger partial charge is 0.336 e. The minimum absolute atomic E-state index is 0.000688. The molecule has 1 amide bonds. The van der Waals surface area contributed by atoms with Crippen LogP contribution in [0.25, 0.3) is 0 Å². The second-order valence-corrected chi connectivity index (χ2v) is 12.9. The molecule has 3 atom stereocenters. The van der Waals surface area contributed by atoms with Gasteiger partial charge in [-0.05, 0) is 49.8 Å². The highest BCUT2D eigenvalue weighted by molar-refractivity contribution is 7.89. The van der Waals surface area contributed by atoms with E-state index in [-0.39, 0.29) is 30.8 Å². The standard InChI is InChI=1S/C31H50N2O9S/c1-3-5-6-7-11-14-22-43(41,42)32-21-13-10-8-9-12-15-26(31(40,20-4-2)30(38)39)28(35)33-27(29(36)37)23-24-16-18-25(34)19-17-24/h12,15-19,26-27,32,34,40H,3-11,13-14,20-23H2,1-2H3,(H,33,35)(H,36,37)(H,38,39)/b15-12+/t26-,27+,31+/m1/s1. The summed E-state index contributed by atoms with van der Waals surface area (Å²) < 4.78 is 26.9. The van der Waals surface area contributed by atoms with E-state index in [1.165, 1.54) is 36.8 Å². The van der Waals surface area contributed by atoms with Crippen molar-refractivity contribution in [2.45, 2.75) is 109 Å². The molecule has 11 nitrogen and oxygen atoms in total. The Bertz CT molecular complexity index is 1120. The molecule has 0 fully saturated rings. The summed E-state index contributed by atoms with van der Waals surface area (Å²) in [4.78, 5) is 37.1. The van der Waals surface area contributed by atoms with Crippen LogP contribution in [0.15, 0.2) is 36.4 Å². The fraction of sp³-hybridized carbons (Fsp3) is 0.645. The van der Waals surface area contributed by atoms with Gasteiger partial charge in [-0.25, -0.2) is 22.7 Å². The first-order valence-electron chi connectivity index (χ1n) is 15.3. The molecule has 6 N–H and O–H groups in total.